The Morgan fingerprint density at radius 3 is 2.83 bits per heavy atom. The van der Waals surface area contributed by atoms with Crippen LogP contribution in [0.4, 0.5) is 0 Å². The molecular formula is C8H12N2O2. The minimum atomic E-state index is -0.0543. The third-order valence-corrected chi connectivity index (χ3v) is 2.26. The van der Waals surface area contributed by atoms with Crippen molar-refractivity contribution in [3.63, 3.8) is 0 Å². The highest BCUT2D eigenvalue weighted by Crippen LogP contribution is 2.30. The highest BCUT2D eigenvalue weighted by Gasteiger charge is 2.36. The van der Waals surface area contributed by atoms with E-state index in [1.807, 2.05) is 6.92 Å². The molecule has 1 aliphatic rings. The first-order valence-electron chi connectivity index (χ1n) is 4.09. The fourth-order valence-corrected chi connectivity index (χ4v) is 1.38. The van der Waals surface area contributed by atoms with Crippen molar-refractivity contribution in [2.24, 2.45) is 0 Å². The standard InChI is InChI=1S/C8H12N2O2/c1-6-9-7(12-10-6)8(2)3-4-11-5-8/h3-5H2,1-2H3. The van der Waals surface area contributed by atoms with E-state index >= 15 is 0 Å². The quantitative estimate of drug-likeness (QED) is 0.629. The fourth-order valence-electron chi connectivity index (χ4n) is 1.38. The molecule has 1 saturated heterocycles. The molecule has 1 atom stereocenters. The Kier molecular flexibility index (Phi) is 1.65. The zero-order valence-corrected chi connectivity index (χ0v) is 7.33. The third-order valence-electron chi connectivity index (χ3n) is 2.26. The van der Waals surface area contributed by atoms with Crippen LogP contribution in [0.25, 0.3) is 0 Å². The summed E-state index contributed by atoms with van der Waals surface area (Å²) in [5.41, 5.74) is -0.0543. The molecule has 0 spiro atoms. The number of nitrogens with zero attached hydrogens (tertiary/aromatic N) is 2. The molecule has 12 heavy (non-hydrogen) atoms. The number of aryl methyl sites for hydroxylation is 1. The maximum Gasteiger partial charge on any atom is 0.234 e. The average Bonchev–Trinajstić information content (AvgIpc) is 2.59. The van der Waals surface area contributed by atoms with E-state index in [-0.39, 0.29) is 5.41 Å². The fraction of sp³-hybridized carbons (Fsp3) is 0.750. The van der Waals surface area contributed by atoms with Crippen LogP contribution in [0.3, 0.4) is 0 Å². The van der Waals surface area contributed by atoms with Crippen LogP contribution in [-0.2, 0) is 10.2 Å². The Labute approximate surface area is 70.9 Å². The van der Waals surface area contributed by atoms with Gasteiger partial charge in [-0.05, 0) is 20.3 Å². The number of ether oxygens (including phenoxy) is 1. The summed E-state index contributed by atoms with van der Waals surface area (Å²) in [6.45, 7) is 5.39. The summed E-state index contributed by atoms with van der Waals surface area (Å²) in [6.07, 6.45) is 0.967. The van der Waals surface area contributed by atoms with E-state index in [0.29, 0.717) is 18.3 Å². The van der Waals surface area contributed by atoms with Gasteiger partial charge in [0.05, 0.1) is 12.0 Å². The lowest BCUT2D eigenvalue weighted by atomic mass is 9.90. The number of aromatic nitrogens is 2. The van der Waals surface area contributed by atoms with Crippen LogP contribution in [-0.4, -0.2) is 23.4 Å². The molecule has 0 N–H and O–H groups in total. The molecule has 4 nitrogen and oxygen atoms in total. The Bertz CT molecular complexity index is 276. The summed E-state index contributed by atoms with van der Waals surface area (Å²) in [5, 5.41) is 3.76. The van der Waals surface area contributed by atoms with E-state index in [1.54, 1.807) is 0 Å². The monoisotopic (exact) mass is 168 g/mol. The molecule has 2 rings (SSSR count). The second kappa shape index (κ2) is 2.55. The maximum atomic E-state index is 5.30. The molecule has 4 heteroatoms. The number of hydrogen-bond donors (Lipinski definition) is 0. The van der Waals surface area contributed by atoms with Gasteiger partial charge >= 0.3 is 0 Å². The summed E-state index contributed by atoms with van der Waals surface area (Å²) < 4.78 is 10.4. The molecule has 1 aromatic heterocycles. The Balaban J connectivity index is 2.28. The molecular weight excluding hydrogens is 156 g/mol. The molecule has 1 aromatic rings. The third kappa shape index (κ3) is 1.12. The zero-order chi connectivity index (χ0) is 8.60. The van der Waals surface area contributed by atoms with Crippen molar-refractivity contribution in [2.75, 3.05) is 13.2 Å². The van der Waals surface area contributed by atoms with Gasteiger partial charge in [-0.25, -0.2) is 0 Å². The van der Waals surface area contributed by atoms with Crippen molar-refractivity contribution >= 4 is 0 Å². The van der Waals surface area contributed by atoms with E-state index in [9.17, 15) is 0 Å². The van der Waals surface area contributed by atoms with Crippen molar-refractivity contribution in [3.8, 4) is 0 Å². The zero-order valence-electron chi connectivity index (χ0n) is 7.33. The van der Waals surface area contributed by atoms with Crippen LogP contribution >= 0.6 is 0 Å². The number of hydrogen-bond acceptors (Lipinski definition) is 4. The lowest BCUT2D eigenvalue weighted by Crippen LogP contribution is -2.22. The van der Waals surface area contributed by atoms with E-state index in [1.165, 1.54) is 0 Å². The van der Waals surface area contributed by atoms with E-state index in [4.69, 9.17) is 9.26 Å². The Morgan fingerprint density at radius 1 is 1.50 bits per heavy atom. The van der Waals surface area contributed by atoms with Gasteiger partial charge in [0.15, 0.2) is 5.82 Å². The van der Waals surface area contributed by atoms with Gasteiger partial charge in [-0.1, -0.05) is 5.16 Å². The molecule has 66 valence electrons. The van der Waals surface area contributed by atoms with Crippen LogP contribution < -0.4 is 0 Å². The van der Waals surface area contributed by atoms with Gasteiger partial charge in [0, 0.05) is 6.61 Å². The summed E-state index contributed by atoms with van der Waals surface area (Å²) in [7, 11) is 0. The first kappa shape index (κ1) is 7.73. The van der Waals surface area contributed by atoms with Crippen LogP contribution in [0, 0.1) is 6.92 Å². The Morgan fingerprint density at radius 2 is 2.33 bits per heavy atom. The van der Waals surface area contributed by atoms with Gasteiger partial charge in [-0.15, -0.1) is 0 Å². The van der Waals surface area contributed by atoms with E-state index < -0.39 is 0 Å². The van der Waals surface area contributed by atoms with Crippen molar-refractivity contribution < 1.29 is 9.26 Å². The summed E-state index contributed by atoms with van der Waals surface area (Å²) in [5.74, 6) is 1.40. The second-order valence-corrected chi connectivity index (χ2v) is 3.51. The lowest BCUT2D eigenvalue weighted by Gasteiger charge is -2.14. The van der Waals surface area contributed by atoms with Crippen LogP contribution in [0.1, 0.15) is 25.1 Å². The molecule has 0 saturated carbocycles. The van der Waals surface area contributed by atoms with Crippen LogP contribution in [0.5, 0.6) is 0 Å². The topological polar surface area (TPSA) is 48.2 Å². The minimum Gasteiger partial charge on any atom is -0.380 e. The van der Waals surface area contributed by atoms with E-state index in [2.05, 4.69) is 17.1 Å². The van der Waals surface area contributed by atoms with Crippen molar-refractivity contribution in [1.82, 2.24) is 10.1 Å². The van der Waals surface area contributed by atoms with Crippen molar-refractivity contribution in [1.29, 1.82) is 0 Å². The van der Waals surface area contributed by atoms with Gasteiger partial charge < -0.3 is 9.26 Å². The van der Waals surface area contributed by atoms with Gasteiger partial charge in [-0.3, -0.25) is 0 Å². The normalized spacial score (nSPS) is 29.5. The molecule has 1 unspecified atom stereocenters. The number of rotatable bonds is 1. The summed E-state index contributed by atoms with van der Waals surface area (Å²) in [6, 6.07) is 0. The summed E-state index contributed by atoms with van der Waals surface area (Å²) in [4.78, 5) is 4.21. The van der Waals surface area contributed by atoms with Crippen LogP contribution in [0.2, 0.25) is 0 Å². The highest BCUT2D eigenvalue weighted by atomic mass is 16.5. The molecule has 0 bridgehead atoms. The summed E-state index contributed by atoms with van der Waals surface area (Å²) >= 11 is 0. The average molecular weight is 168 g/mol. The largest absolute Gasteiger partial charge is 0.380 e. The first-order valence-corrected chi connectivity index (χ1v) is 4.09. The van der Waals surface area contributed by atoms with Gasteiger partial charge in [0.2, 0.25) is 5.89 Å². The maximum absolute atomic E-state index is 5.30. The Hall–Kier alpha value is -0.900. The van der Waals surface area contributed by atoms with Gasteiger partial charge in [-0.2, -0.15) is 4.98 Å². The van der Waals surface area contributed by atoms with Crippen molar-refractivity contribution in [3.05, 3.63) is 11.7 Å². The molecule has 0 radical (unpaired) electrons. The SMILES string of the molecule is Cc1noc(C2(C)CCOC2)n1. The second-order valence-electron chi connectivity index (χ2n) is 3.51. The predicted octanol–water partition coefficient (Wildman–Crippen LogP) is 1.06. The van der Waals surface area contributed by atoms with Gasteiger partial charge in [0.25, 0.3) is 0 Å². The first-order chi connectivity index (χ1) is 5.71. The van der Waals surface area contributed by atoms with Crippen molar-refractivity contribution in [2.45, 2.75) is 25.7 Å². The van der Waals surface area contributed by atoms with Crippen LogP contribution in [0.15, 0.2) is 4.52 Å². The predicted molar refractivity (Wildman–Crippen MR) is 41.8 cm³/mol. The molecule has 0 aromatic carbocycles. The molecule has 2 heterocycles. The smallest absolute Gasteiger partial charge is 0.234 e. The highest BCUT2D eigenvalue weighted by molar-refractivity contribution is 5.04. The molecule has 0 amide bonds. The van der Waals surface area contributed by atoms with Gasteiger partial charge in [0.1, 0.15) is 0 Å². The van der Waals surface area contributed by atoms with E-state index in [0.717, 1.165) is 13.0 Å². The lowest BCUT2D eigenvalue weighted by molar-refractivity contribution is 0.169. The molecule has 0 aliphatic carbocycles. The minimum absolute atomic E-state index is 0.0543. The molecule has 1 fully saturated rings. The molecule has 1 aliphatic heterocycles.